The van der Waals surface area contributed by atoms with Crippen LogP contribution in [-0.2, 0) is 0 Å². The molecule has 2 aliphatic heterocycles. The maximum atomic E-state index is 13.4. The molecule has 2 heterocycles. The van der Waals surface area contributed by atoms with Gasteiger partial charge in [0.25, 0.3) is 6.23 Å². The first kappa shape index (κ1) is 20.1. The molecular formula is C26H24N2O4. The summed E-state index contributed by atoms with van der Waals surface area (Å²) in [6, 6.07) is 21.1. The highest BCUT2D eigenvalue weighted by molar-refractivity contribution is 6.04. The van der Waals surface area contributed by atoms with E-state index in [1.807, 2.05) is 73.7 Å². The first-order chi connectivity index (χ1) is 15.6. The van der Waals surface area contributed by atoms with Crippen LogP contribution in [0.25, 0.3) is 0 Å². The number of ether oxygens (including phenoxy) is 3. The van der Waals surface area contributed by atoms with E-state index in [2.05, 4.69) is 0 Å². The summed E-state index contributed by atoms with van der Waals surface area (Å²) in [5, 5.41) is 6.67. The van der Waals surface area contributed by atoms with Gasteiger partial charge in [0.2, 0.25) is 5.78 Å². The summed E-state index contributed by atoms with van der Waals surface area (Å²) >= 11 is 0. The molecule has 2 unspecified atom stereocenters. The summed E-state index contributed by atoms with van der Waals surface area (Å²) in [6.07, 6.45) is -0.164. The van der Waals surface area contributed by atoms with E-state index in [1.165, 1.54) is 0 Å². The van der Waals surface area contributed by atoms with Gasteiger partial charge in [-0.25, -0.2) is 5.01 Å². The standard InChI is InChI=1S/C26H24N2O4/c1-16-8-10-17(11-9-16)25(29)26-28-21(19-6-4-5-7-22(19)32-26)15-20(27-28)18-12-13-23(30-2)24(14-18)31-3/h4-14,21,26H,15H2,1-3H3. The van der Waals surface area contributed by atoms with Gasteiger partial charge in [-0.2, -0.15) is 5.10 Å². The largest absolute Gasteiger partial charge is 0.493 e. The minimum Gasteiger partial charge on any atom is -0.493 e. The SMILES string of the molecule is COc1ccc(C2=NN3C(C(=O)c4ccc(C)cc4)Oc4ccccc4C3C2)cc1OC. The highest BCUT2D eigenvalue weighted by atomic mass is 16.5. The Labute approximate surface area is 187 Å². The Morgan fingerprint density at radius 1 is 1.00 bits per heavy atom. The van der Waals surface area contributed by atoms with Crippen LogP contribution in [0.2, 0.25) is 0 Å². The molecule has 0 N–H and O–H groups in total. The van der Waals surface area contributed by atoms with E-state index >= 15 is 0 Å². The highest BCUT2D eigenvalue weighted by Gasteiger charge is 2.43. The lowest BCUT2D eigenvalue weighted by atomic mass is 9.95. The van der Waals surface area contributed by atoms with Crippen molar-refractivity contribution in [1.82, 2.24) is 5.01 Å². The molecule has 0 spiro atoms. The van der Waals surface area contributed by atoms with Crippen molar-refractivity contribution in [3.8, 4) is 17.2 Å². The second-order valence-corrected chi connectivity index (χ2v) is 7.95. The molecule has 0 bridgehead atoms. The van der Waals surface area contributed by atoms with E-state index in [0.717, 1.165) is 28.2 Å². The predicted molar refractivity (Wildman–Crippen MR) is 122 cm³/mol. The van der Waals surface area contributed by atoms with Crippen LogP contribution in [0, 0.1) is 6.92 Å². The van der Waals surface area contributed by atoms with Crippen LogP contribution in [0.1, 0.15) is 39.5 Å². The average molecular weight is 428 g/mol. The number of ketones is 1. The van der Waals surface area contributed by atoms with Gasteiger partial charge in [-0.05, 0) is 31.2 Å². The number of para-hydroxylation sites is 1. The van der Waals surface area contributed by atoms with Gasteiger partial charge >= 0.3 is 0 Å². The summed E-state index contributed by atoms with van der Waals surface area (Å²) in [7, 11) is 3.22. The normalized spacial score (nSPS) is 18.8. The second-order valence-electron chi connectivity index (χ2n) is 7.95. The fourth-order valence-corrected chi connectivity index (χ4v) is 4.26. The number of carbonyl (C=O) groups excluding carboxylic acids is 1. The Hall–Kier alpha value is -3.80. The third-order valence-corrected chi connectivity index (χ3v) is 5.98. The smallest absolute Gasteiger partial charge is 0.251 e. The topological polar surface area (TPSA) is 60.4 Å². The molecule has 0 aliphatic carbocycles. The van der Waals surface area contributed by atoms with Crippen LogP contribution < -0.4 is 14.2 Å². The van der Waals surface area contributed by atoms with Crippen LogP contribution >= 0.6 is 0 Å². The molecule has 5 rings (SSSR count). The molecule has 0 fully saturated rings. The summed E-state index contributed by atoms with van der Waals surface area (Å²) in [5.41, 5.74) is 4.53. The van der Waals surface area contributed by atoms with Gasteiger partial charge in [0.05, 0.1) is 26.0 Å². The van der Waals surface area contributed by atoms with Gasteiger partial charge in [-0.1, -0.05) is 48.0 Å². The van der Waals surface area contributed by atoms with Crippen molar-refractivity contribution in [3.63, 3.8) is 0 Å². The molecule has 2 atom stereocenters. The summed E-state index contributed by atoms with van der Waals surface area (Å²) in [6.45, 7) is 2.00. The summed E-state index contributed by atoms with van der Waals surface area (Å²) in [4.78, 5) is 13.4. The maximum absolute atomic E-state index is 13.4. The molecule has 0 saturated heterocycles. The maximum Gasteiger partial charge on any atom is 0.251 e. The number of hydrazone groups is 1. The van der Waals surface area contributed by atoms with E-state index in [4.69, 9.17) is 19.3 Å². The molecule has 162 valence electrons. The third-order valence-electron chi connectivity index (χ3n) is 5.98. The lowest BCUT2D eigenvalue weighted by Crippen LogP contribution is -2.45. The van der Waals surface area contributed by atoms with Gasteiger partial charge in [-0.3, -0.25) is 4.79 Å². The number of benzene rings is 3. The molecule has 0 radical (unpaired) electrons. The number of aryl methyl sites for hydroxylation is 1. The van der Waals surface area contributed by atoms with E-state index in [9.17, 15) is 4.79 Å². The number of carbonyl (C=O) groups is 1. The minimum absolute atomic E-state index is 0.0811. The summed E-state index contributed by atoms with van der Waals surface area (Å²) in [5.74, 6) is 1.92. The number of methoxy groups -OCH3 is 2. The number of hydrogen-bond donors (Lipinski definition) is 0. The lowest BCUT2D eigenvalue weighted by molar-refractivity contribution is -0.00455. The quantitative estimate of drug-likeness (QED) is 0.548. The number of Topliss-reactive ketones (excluding diaryl/α,β-unsaturated/α-hetero) is 1. The van der Waals surface area contributed by atoms with Gasteiger partial charge in [0, 0.05) is 23.1 Å². The number of rotatable bonds is 5. The Morgan fingerprint density at radius 2 is 1.75 bits per heavy atom. The second kappa shape index (κ2) is 8.04. The van der Waals surface area contributed by atoms with Crippen molar-refractivity contribution in [2.45, 2.75) is 25.6 Å². The molecule has 0 aromatic heterocycles. The van der Waals surface area contributed by atoms with E-state index in [-0.39, 0.29) is 11.8 Å². The Balaban J connectivity index is 1.55. The molecule has 6 heteroatoms. The number of hydrogen-bond acceptors (Lipinski definition) is 6. The molecule has 6 nitrogen and oxygen atoms in total. The average Bonchev–Trinajstić information content (AvgIpc) is 3.29. The Kier molecular flexibility index (Phi) is 5.05. The van der Waals surface area contributed by atoms with Crippen LogP contribution in [0.5, 0.6) is 17.2 Å². The molecule has 0 amide bonds. The van der Waals surface area contributed by atoms with E-state index in [0.29, 0.717) is 23.5 Å². The fraction of sp³-hybridized carbons (Fsp3) is 0.231. The van der Waals surface area contributed by atoms with Crippen molar-refractivity contribution in [2.75, 3.05) is 14.2 Å². The van der Waals surface area contributed by atoms with Crippen LogP contribution in [0.3, 0.4) is 0 Å². The Bertz CT molecular complexity index is 1200. The molecule has 2 aliphatic rings. The monoisotopic (exact) mass is 428 g/mol. The van der Waals surface area contributed by atoms with E-state index in [1.54, 1.807) is 19.2 Å². The first-order valence-corrected chi connectivity index (χ1v) is 10.5. The van der Waals surface area contributed by atoms with Crippen molar-refractivity contribution >= 4 is 11.5 Å². The van der Waals surface area contributed by atoms with Gasteiger partial charge < -0.3 is 14.2 Å². The van der Waals surface area contributed by atoms with E-state index < -0.39 is 6.23 Å². The molecule has 0 saturated carbocycles. The van der Waals surface area contributed by atoms with Gasteiger partial charge in [-0.15, -0.1) is 0 Å². The zero-order valence-corrected chi connectivity index (χ0v) is 18.2. The lowest BCUT2D eigenvalue weighted by Gasteiger charge is -2.37. The Morgan fingerprint density at radius 3 is 2.50 bits per heavy atom. The van der Waals surface area contributed by atoms with Crippen LogP contribution in [0.15, 0.2) is 71.8 Å². The van der Waals surface area contributed by atoms with Crippen molar-refractivity contribution in [3.05, 3.63) is 89.0 Å². The molecule has 32 heavy (non-hydrogen) atoms. The minimum atomic E-state index is -0.824. The third kappa shape index (κ3) is 3.38. The zero-order valence-electron chi connectivity index (χ0n) is 18.2. The number of fused-ring (bicyclic) bond motifs is 3. The van der Waals surface area contributed by atoms with Crippen LogP contribution in [-0.4, -0.2) is 37.0 Å². The van der Waals surface area contributed by atoms with Crippen LogP contribution in [0.4, 0.5) is 0 Å². The number of nitrogens with zero attached hydrogens (tertiary/aromatic N) is 2. The van der Waals surface area contributed by atoms with Gasteiger partial charge in [0.1, 0.15) is 5.75 Å². The van der Waals surface area contributed by atoms with Crippen molar-refractivity contribution in [2.24, 2.45) is 5.10 Å². The molecule has 3 aromatic rings. The predicted octanol–water partition coefficient (Wildman–Crippen LogP) is 4.76. The summed E-state index contributed by atoms with van der Waals surface area (Å²) < 4.78 is 17.0. The molecule has 3 aromatic carbocycles. The van der Waals surface area contributed by atoms with Gasteiger partial charge in [0.15, 0.2) is 11.5 Å². The first-order valence-electron chi connectivity index (χ1n) is 10.5. The van der Waals surface area contributed by atoms with Crippen molar-refractivity contribution in [1.29, 1.82) is 0 Å². The zero-order chi connectivity index (χ0) is 22.2. The van der Waals surface area contributed by atoms with Crippen molar-refractivity contribution < 1.29 is 19.0 Å². The highest BCUT2D eigenvalue weighted by Crippen LogP contribution is 2.44. The molecular weight excluding hydrogens is 404 g/mol. The fourth-order valence-electron chi connectivity index (χ4n) is 4.26.